The molecule has 0 spiro atoms. The minimum absolute atomic E-state index is 0.0100. The molecule has 1 saturated heterocycles. The van der Waals surface area contributed by atoms with Crippen LogP contribution in [0.4, 0.5) is 0 Å². The molecule has 6 heteroatoms. The van der Waals surface area contributed by atoms with E-state index in [-0.39, 0.29) is 17.5 Å². The molecule has 27 heavy (non-hydrogen) atoms. The molecule has 2 aromatic heterocycles. The predicted molar refractivity (Wildman–Crippen MR) is 103 cm³/mol. The first-order valence-corrected chi connectivity index (χ1v) is 9.68. The molecule has 5 rings (SSSR count). The molecule has 1 aliphatic heterocycles. The van der Waals surface area contributed by atoms with E-state index in [0.717, 1.165) is 60.8 Å². The summed E-state index contributed by atoms with van der Waals surface area (Å²) < 4.78 is 1.57. The maximum absolute atomic E-state index is 13.2. The highest BCUT2D eigenvalue weighted by atomic mass is 16.2. The second-order valence-corrected chi connectivity index (χ2v) is 7.53. The summed E-state index contributed by atoms with van der Waals surface area (Å²) in [7, 11) is 0. The van der Waals surface area contributed by atoms with Crippen molar-refractivity contribution in [1.82, 2.24) is 19.7 Å². The summed E-state index contributed by atoms with van der Waals surface area (Å²) in [6.45, 7) is 1.20. The minimum Gasteiger partial charge on any atom is -0.360 e. The summed E-state index contributed by atoms with van der Waals surface area (Å²) in [5.74, 6) is 0.0316. The minimum atomic E-state index is -0.0537. The zero-order valence-corrected chi connectivity index (χ0v) is 15.1. The van der Waals surface area contributed by atoms with E-state index in [1.165, 1.54) is 0 Å². The second-order valence-electron chi connectivity index (χ2n) is 7.53. The first kappa shape index (κ1) is 16.3. The largest absolute Gasteiger partial charge is 0.360 e. The van der Waals surface area contributed by atoms with Crippen LogP contribution in [0.15, 0.2) is 41.3 Å². The first-order chi connectivity index (χ1) is 13.2. The number of benzene rings is 1. The van der Waals surface area contributed by atoms with Gasteiger partial charge < -0.3 is 9.88 Å². The van der Waals surface area contributed by atoms with Crippen LogP contribution in [0.25, 0.3) is 10.9 Å². The Morgan fingerprint density at radius 1 is 1.22 bits per heavy atom. The van der Waals surface area contributed by atoms with Crippen molar-refractivity contribution in [3.05, 3.63) is 63.7 Å². The summed E-state index contributed by atoms with van der Waals surface area (Å²) in [6.07, 6.45) is 6.62. The first-order valence-electron chi connectivity index (χ1n) is 9.68. The molecule has 1 amide bonds. The molecule has 2 aliphatic rings. The fourth-order valence-electron chi connectivity index (χ4n) is 4.47. The zero-order valence-electron chi connectivity index (χ0n) is 15.1. The summed E-state index contributed by atoms with van der Waals surface area (Å²) in [4.78, 5) is 30.7. The highest BCUT2D eigenvalue weighted by molar-refractivity contribution is 6.06. The van der Waals surface area contributed by atoms with E-state index in [4.69, 9.17) is 0 Å². The van der Waals surface area contributed by atoms with E-state index in [2.05, 4.69) is 10.1 Å². The summed E-state index contributed by atoms with van der Waals surface area (Å²) in [5.41, 5.74) is 3.75. The molecule has 1 N–H and O–H groups in total. The van der Waals surface area contributed by atoms with Crippen LogP contribution in [-0.2, 0) is 19.4 Å². The van der Waals surface area contributed by atoms with Crippen molar-refractivity contribution in [2.24, 2.45) is 0 Å². The number of H-pyrrole nitrogens is 1. The molecule has 0 bridgehead atoms. The smallest absolute Gasteiger partial charge is 0.267 e. The van der Waals surface area contributed by atoms with E-state index in [1.54, 1.807) is 16.9 Å². The van der Waals surface area contributed by atoms with E-state index in [1.807, 2.05) is 29.2 Å². The van der Waals surface area contributed by atoms with Crippen LogP contribution in [0.1, 0.15) is 40.9 Å². The number of nitrogens with one attached hydrogen (secondary N) is 1. The van der Waals surface area contributed by atoms with Crippen LogP contribution in [-0.4, -0.2) is 38.2 Å². The van der Waals surface area contributed by atoms with Gasteiger partial charge in [-0.25, -0.2) is 4.68 Å². The van der Waals surface area contributed by atoms with Gasteiger partial charge in [-0.05, 0) is 43.7 Å². The molecular weight excluding hydrogens is 340 g/mol. The number of carbonyl (C=O) groups excluding carboxylic acids is 1. The molecule has 0 saturated carbocycles. The fraction of sp³-hybridized carbons (Fsp3) is 0.381. The lowest BCUT2D eigenvalue weighted by Crippen LogP contribution is -2.40. The highest BCUT2D eigenvalue weighted by Crippen LogP contribution is 2.25. The molecular formula is C21H22N4O2. The maximum atomic E-state index is 13.2. The predicted octanol–water partition coefficient (Wildman–Crippen LogP) is 2.52. The van der Waals surface area contributed by atoms with Gasteiger partial charge in [0.15, 0.2) is 0 Å². The van der Waals surface area contributed by atoms with Gasteiger partial charge in [0.1, 0.15) is 0 Å². The van der Waals surface area contributed by atoms with Gasteiger partial charge >= 0.3 is 0 Å². The second kappa shape index (κ2) is 6.37. The molecule has 3 heterocycles. The number of fused-ring (bicyclic) bond motifs is 2. The van der Waals surface area contributed by atoms with Crippen molar-refractivity contribution in [3.63, 3.8) is 0 Å². The Balaban J connectivity index is 1.42. The lowest BCUT2D eigenvalue weighted by atomic mass is 10.1. The van der Waals surface area contributed by atoms with Crippen LogP contribution in [0, 0.1) is 0 Å². The molecule has 1 aliphatic carbocycles. The Morgan fingerprint density at radius 2 is 2.11 bits per heavy atom. The number of hydrogen-bond acceptors (Lipinski definition) is 3. The number of likely N-dealkylation sites (tertiary alicyclic amines) is 1. The van der Waals surface area contributed by atoms with Crippen molar-refractivity contribution in [2.45, 2.75) is 44.7 Å². The van der Waals surface area contributed by atoms with Crippen molar-refractivity contribution >= 4 is 16.8 Å². The third-order valence-electron chi connectivity index (χ3n) is 5.87. The summed E-state index contributed by atoms with van der Waals surface area (Å²) >= 11 is 0. The van der Waals surface area contributed by atoms with Crippen LogP contribution in [0.3, 0.4) is 0 Å². The Bertz CT molecular complexity index is 1080. The number of nitrogens with zero attached hydrogens (tertiary/aromatic N) is 3. The quantitative estimate of drug-likeness (QED) is 0.778. The van der Waals surface area contributed by atoms with Gasteiger partial charge in [-0.3, -0.25) is 9.59 Å². The average molecular weight is 362 g/mol. The van der Waals surface area contributed by atoms with Crippen molar-refractivity contribution in [2.75, 3.05) is 6.54 Å². The fourth-order valence-corrected chi connectivity index (χ4v) is 4.47. The Kier molecular flexibility index (Phi) is 3.85. The highest BCUT2D eigenvalue weighted by Gasteiger charge is 2.31. The molecule has 1 unspecified atom stereocenters. The Labute approximate surface area is 156 Å². The number of aromatic nitrogens is 3. The van der Waals surface area contributed by atoms with E-state index >= 15 is 0 Å². The lowest BCUT2D eigenvalue weighted by molar-refractivity contribution is 0.0722. The van der Waals surface area contributed by atoms with Gasteiger partial charge in [0, 0.05) is 29.7 Å². The van der Waals surface area contributed by atoms with Crippen LogP contribution < -0.4 is 5.56 Å². The van der Waals surface area contributed by atoms with Gasteiger partial charge in [-0.2, -0.15) is 5.10 Å². The van der Waals surface area contributed by atoms with Crippen LogP contribution in [0.2, 0.25) is 0 Å². The number of amides is 1. The van der Waals surface area contributed by atoms with Gasteiger partial charge in [0.2, 0.25) is 0 Å². The molecule has 138 valence electrons. The van der Waals surface area contributed by atoms with Crippen molar-refractivity contribution in [1.29, 1.82) is 0 Å². The number of aryl methyl sites for hydroxylation is 2. The topological polar surface area (TPSA) is 71.0 Å². The SMILES string of the molecule is O=C(c1c[nH]c2ccccc12)N1CCCC1Cn1nc2c(cc1=O)CCC2. The van der Waals surface area contributed by atoms with E-state index in [9.17, 15) is 9.59 Å². The normalized spacial score (nSPS) is 19.0. The Hall–Kier alpha value is -2.89. The van der Waals surface area contributed by atoms with E-state index < -0.39 is 0 Å². The Morgan fingerprint density at radius 3 is 3.04 bits per heavy atom. The number of para-hydroxylation sites is 1. The van der Waals surface area contributed by atoms with E-state index in [0.29, 0.717) is 12.1 Å². The molecule has 3 aromatic rings. The van der Waals surface area contributed by atoms with Crippen molar-refractivity contribution in [3.8, 4) is 0 Å². The molecule has 6 nitrogen and oxygen atoms in total. The maximum Gasteiger partial charge on any atom is 0.267 e. The lowest BCUT2D eigenvalue weighted by Gasteiger charge is -2.25. The summed E-state index contributed by atoms with van der Waals surface area (Å²) in [6, 6.07) is 9.59. The number of carbonyl (C=O) groups is 1. The van der Waals surface area contributed by atoms with Gasteiger partial charge in [-0.15, -0.1) is 0 Å². The van der Waals surface area contributed by atoms with Gasteiger partial charge in [0.05, 0.1) is 23.8 Å². The molecule has 1 aromatic carbocycles. The number of rotatable bonds is 3. The third-order valence-corrected chi connectivity index (χ3v) is 5.87. The average Bonchev–Trinajstić information content (AvgIpc) is 3.40. The zero-order chi connectivity index (χ0) is 18.4. The van der Waals surface area contributed by atoms with Crippen molar-refractivity contribution < 1.29 is 4.79 Å². The molecule has 0 radical (unpaired) electrons. The number of aromatic amines is 1. The van der Waals surface area contributed by atoms with Crippen LogP contribution >= 0.6 is 0 Å². The molecule has 1 atom stereocenters. The van der Waals surface area contributed by atoms with Gasteiger partial charge in [0.25, 0.3) is 11.5 Å². The number of hydrogen-bond donors (Lipinski definition) is 1. The molecule has 1 fully saturated rings. The van der Waals surface area contributed by atoms with Crippen LogP contribution in [0.5, 0.6) is 0 Å². The standard InChI is InChI=1S/C21H22N4O2/c26-20-11-14-5-3-9-18(14)23-25(20)13-15-6-4-10-24(15)21(27)17-12-22-19-8-2-1-7-16(17)19/h1-2,7-8,11-12,15,22H,3-6,9-10,13H2. The van der Waals surface area contributed by atoms with Gasteiger partial charge in [-0.1, -0.05) is 18.2 Å². The third kappa shape index (κ3) is 2.76. The monoisotopic (exact) mass is 362 g/mol. The summed E-state index contributed by atoms with van der Waals surface area (Å²) in [5, 5.41) is 5.53.